The Kier molecular flexibility index (Phi) is 11.6. The molecule has 0 N–H and O–H groups in total. The van der Waals surface area contributed by atoms with Gasteiger partial charge in [-0.1, -0.05) is 255 Å². The third kappa shape index (κ3) is 9.39. The van der Waals surface area contributed by atoms with Crippen molar-refractivity contribution >= 4 is 156 Å². The van der Waals surface area contributed by atoms with Gasteiger partial charge in [-0.15, -0.1) is 22.7 Å². The summed E-state index contributed by atoms with van der Waals surface area (Å²) in [5, 5.41) is 11.2. The quantitative estimate of drug-likeness (QED) is 0.128. The van der Waals surface area contributed by atoms with Crippen LogP contribution in [0, 0.1) is 6.57 Å². The van der Waals surface area contributed by atoms with Crippen LogP contribution >= 0.6 is 22.7 Å². The van der Waals surface area contributed by atoms with Gasteiger partial charge in [0.05, 0.1) is 75.8 Å². The third-order valence-corrected chi connectivity index (χ3v) is 24.1. The number of nitrogens with zero attached hydrogens (tertiary/aromatic N) is 7. The van der Waals surface area contributed by atoms with Gasteiger partial charge in [-0.3, -0.25) is 0 Å². The largest absolute Gasteiger partial charge is 0.455 e. The van der Waals surface area contributed by atoms with Crippen LogP contribution in [-0.4, -0.2) is 28.7 Å². The van der Waals surface area contributed by atoms with Crippen LogP contribution in [0.3, 0.4) is 0 Å². The Hall–Kier alpha value is -14.3. The zero-order chi connectivity index (χ0) is 80.9. The summed E-state index contributed by atoms with van der Waals surface area (Å²) < 4.78 is 111. The molecule has 0 aliphatic carbocycles. The minimum absolute atomic E-state index is 0.0803. The highest BCUT2D eigenvalue weighted by atomic mass is 32.1. The van der Waals surface area contributed by atoms with Crippen molar-refractivity contribution in [2.45, 2.75) is 0 Å². The van der Waals surface area contributed by atoms with Crippen LogP contribution in [0.15, 0.2) is 350 Å². The van der Waals surface area contributed by atoms with Gasteiger partial charge < -0.3 is 18.1 Å². The lowest BCUT2D eigenvalue weighted by molar-refractivity contribution is 0.673. The molecule has 0 spiro atoms. The number of para-hydroxylation sites is 2. The predicted molar refractivity (Wildman–Crippen MR) is 460 cm³/mol. The van der Waals surface area contributed by atoms with Crippen molar-refractivity contribution in [3.05, 3.63) is 357 Å². The van der Waals surface area contributed by atoms with E-state index in [-0.39, 0.29) is 17.1 Å². The molecule has 7 aromatic heterocycles. The highest BCUT2D eigenvalue weighted by molar-refractivity contribution is 7.27. The summed E-state index contributed by atoms with van der Waals surface area (Å²) in [6.45, 7) is 10.2. The van der Waals surface area contributed by atoms with Gasteiger partial charge in [-0.05, 0) is 136 Å². The number of hydrogen-bond donors (Lipinski definition) is 0. The van der Waals surface area contributed by atoms with Gasteiger partial charge in [0.1, 0.15) is 11.2 Å². The van der Waals surface area contributed by atoms with Crippen molar-refractivity contribution in [1.29, 1.82) is 0 Å². The summed E-state index contributed by atoms with van der Waals surface area (Å²) in [5.74, 6) is -1.19. The van der Waals surface area contributed by atoms with E-state index in [4.69, 9.17) is 27.0 Å². The monoisotopic (exact) mass is 1450 g/mol. The number of hydrogen-bond acceptors (Lipinski definition) is 6. The molecule has 8 nitrogen and oxygen atoms in total. The topological polar surface area (TPSA) is 71.0 Å². The normalized spacial score (nSPS) is 13.3. The molecular weight excluding hydrogens is 1380 g/mol. The highest BCUT2D eigenvalue weighted by Gasteiger charge is 2.34. The fraction of sp³-hybridized carbons (Fsp3) is 0. The summed E-state index contributed by atoms with van der Waals surface area (Å²) in [6.07, 6.45) is 0. The number of rotatable bonds is 10. The second-order valence-electron chi connectivity index (χ2n) is 27.6. The van der Waals surface area contributed by atoms with Gasteiger partial charge >= 0.3 is 0 Å². The molecule has 0 atom stereocenters. The summed E-state index contributed by atoms with van der Waals surface area (Å²) in [7, 11) is 0. The lowest BCUT2D eigenvalue weighted by Gasteiger charge is -2.26. The molecule has 7 heterocycles. The first kappa shape index (κ1) is 52.6. The molecule has 0 aliphatic rings. The molecule has 0 saturated heterocycles. The smallest absolute Gasteiger partial charge is 0.213 e. The van der Waals surface area contributed by atoms with Crippen molar-refractivity contribution in [2.75, 3.05) is 0 Å². The molecule has 510 valence electrons. The van der Waals surface area contributed by atoms with Crippen LogP contribution in [-0.2, 0) is 0 Å². The molecule has 23 rings (SSSR count). The van der Waals surface area contributed by atoms with Crippen LogP contribution in [0.4, 0.5) is 5.69 Å². The first-order valence-corrected chi connectivity index (χ1v) is 37.7. The van der Waals surface area contributed by atoms with Gasteiger partial charge in [0, 0.05) is 94.7 Å². The first-order valence-electron chi connectivity index (χ1n) is 41.1. The zero-order valence-electron chi connectivity index (χ0n) is 68.0. The molecule has 16 aromatic carbocycles. The Morgan fingerprint density at radius 3 is 1.21 bits per heavy atom. The minimum atomic E-state index is -0.694. The molecule has 0 aliphatic heterocycles. The van der Waals surface area contributed by atoms with Crippen molar-refractivity contribution < 1.29 is 18.1 Å². The van der Waals surface area contributed by atoms with Crippen LogP contribution in [0.2, 0.25) is 0 Å². The number of thiophene rings is 2. The summed E-state index contributed by atoms with van der Waals surface area (Å²) >= 11 is 3.40. The van der Waals surface area contributed by atoms with Gasteiger partial charge in [-0.2, -0.15) is 0 Å². The number of aromatic nitrogens is 6. The summed E-state index contributed by atoms with van der Waals surface area (Å²) in [5.41, 5.74) is 14.3. The molecule has 0 fully saturated rings. The Balaban J connectivity index is 0.963. The third-order valence-electron chi connectivity index (χ3n) is 21.7. The molecular formula is C100H57N7OS2. The van der Waals surface area contributed by atoms with Crippen molar-refractivity contribution in [2.24, 2.45) is 0 Å². The zero-order valence-corrected chi connectivity index (χ0v) is 59.6. The Labute approximate surface area is 651 Å². The maximum absolute atomic E-state index is 10.2. The standard InChI is InChI=1S/C100H57N7OS2/c1-101-79-58-78(100-103-98(63-32-16-6-17-33-63)102-99(104-100)64-34-18-7-19-35-64)92(105-81-47-40-65(59-24-8-2-9-25-59)56-76(81)90-84(105)50-45-71-74-54-67(61-28-12-4-13-29-61)42-52-87(74)109-96(71)90)94(107-80-38-22-20-37-73(80)89-83(107)49-44-70-69-36-21-23-39-86(69)108-95(70)89)93(79)106-82-48-41-66(60-26-10-3-11-27-60)57-77(82)91-85(106)51-46-72-75-55-68(62-30-14-5-15-31-62)43-53-88(75)110-97(72)91/h2-58H/i6D,7D,16D,17D,18D,19D,32D,33D,34D,35D. The van der Waals surface area contributed by atoms with Crippen molar-refractivity contribution in [1.82, 2.24) is 28.7 Å². The minimum Gasteiger partial charge on any atom is -0.455 e. The molecule has 110 heavy (non-hydrogen) atoms. The fourth-order valence-electron chi connectivity index (χ4n) is 16.9. The second kappa shape index (κ2) is 24.4. The van der Waals surface area contributed by atoms with Gasteiger partial charge in [-0.25, -0.2) is 19.8 Å². The lowest BCUT2D eigenvalue weighted by atomic mass is 10.0. The number of benzene rings is 16. The number of fused-ring (bicyclic) bond motifs is 21. The summed E-state index contributed by atoms with van der Waals surface area (Å²) in [4.78, 5) is 20.4. The Morgan fingerprint density at radius 1 is 0.300 bits per heavy atom. The van der Waals surface area contributed by atoms with E-state index in [9.17, 15) is 17.5 Å². The van der Waals surface area contributed by atoms with E-state index in [2.05, 4.69) is 202 Å². The molecule has 0 bridgehead atoms. The molecule has 0 unspecified atom stereocenters. The highest BCUT2D eigenvalue weighted by Crippen LogP contribution is 2.55. The molecule has 0 amide bonds. The Morgan fingerprint density at radius 2 is 0.700 bits per heavy atom. The molecule has 23 aromatic rings. The molecule has 0 radical (unpaired) electrons. The van der Waals surface area contributed by atoms with Crippen LogP contribution in [0.5, 0.6) is 0 Å². The van der Waals surface area contributed by atoms with Crippen LogP contribution < -0.4 is 0 Å². The van der Waals surface area contributed by atoms with Crippen LogP contribution in [0.25, 0.3) is 228 Å². The SMILES string of the molecule is [2H]c1c([2H])c([2H])c(-c2nc(-c3cc([N+]#[C-])c(-n4c5ccc(-c6ccccc6)cc5c5c6sc7ccc(-c8ccccc8)cc7c6ccc54)c(-n4c5ccccc5c5c6oc7ccccc7c6ccc54)c3-n3c4ccc(-c5ccccc5)cc4c4c5sc6ccc(-c7ccccc7)cc6c5ccc43)nc(-c3c([2H])c([2H])c([2H])c([2H])c3[2H])n2)c([2H])c1[2H]. The average molecular weight is 1450 g/mol. The maximum Gasteiger partial charge on any atom is 0.213 e. The van der Waals surface area contributed by atoms with E-state index in [1.54, 1.807) is 28.7 Å². The molecule has 10 heteroatoms. The van der Waals surface area contributed by atoms with E-state index >= 15 is 0 Å². The first-order chi connectivity index (χ1) is 58.7. The van der Waals surface area contributed by atoms with E-state index in [0.29, 0.717) is 50.3 Å². The van der Waals surface area contributed by atoms with Gasteiger partial charge in [0.25, 0.3) is 0 Å². The number of furan rings is 1. The molecule has 0 saturated carbocycles. The fourth-order valence-corrected chi connectivity index (χ4v) is 19.3. The van der Waals surface area contributed by atoms with E-state index in [1.165, 1.54) is 0 Å². The van der Waals surface area contributed by atoms with Gasteiger partial charge in [0.15, 0.2) is 17.5 Å². The summed E-state index contributed by atoms with van der Waals surface area (Å²) in [6, 6.07) is 91.6. The van der Waals surface area contributed by atoms with Crippen molar-refractivity contribution in [3.63, 3.8) is 0 Å². The second-order valence-corrected chi connectivity index (χ2v) is 29.7. The average Bonchev–Trinajstić information content (AvgIpc) is 1.51. The van der Waals surface area contributed by atoms with E-state index in [0.717, 1.165) is 139 Å². The predicted octanol–water partition coefficient (Wildman–Crippen LogP) is 28.0. The Bertz CT molecular complexity index is 8360. The van der Waals surface area contributed by atoms with Gasteiger partial charge in [0.2, 0.25) is 5.69 Å². The van der Waals surface area contributed by atoms with Crippen molar-refractivity contribution in [3.8, 4) is 95.7 Å². The lowest BCUT2D eigenvalue weighted by Crippen LogP contribution is -2.12. The van der Waals surface area contributed by atoms with E-state index < -0.39 is 83.2 Å². The maximum atomic E-state index is 10.2. The van der Waals surface area contributed by atoms with E-state index in [1.807, 2.05) is 91.0 Å². The van der Waals surface area contributed by atoms with Crippen LogP contribution in [0.1, 0.15) is 13.7 Å².